The minimum atomic E-state index is 0.687. The molecule has 1 fully saturated rings. The van der Waals surface area contributed by atoms with Crippen LogP contribution in [0.5, 0.6) is 0 Å². The average molecular weight is 276 g/mol. The molecule has 1 saturated carbocycles. The Morgan fingerprint density at radius 1 is 0.722 bits per heavy atom. The molecule has 1 aliphatic rings. The van der Waals surface area contributed by atoms with Crippen molar-refractivity contribution in [2.24, 2.45) is 5.92 Å². The fourth-order valence-electron chi connectivity index (χ4n) is 2.27. The van der Waals surface area contributed by atoms with Crippen molar-refractivity contribution in [3.63, 3.8) is 0 Å². The van der Waals surface area contributed by atoms with E-state index in [1.165, 1.54) is 29.9 Å². The Labute approximate surface area is 118 Å². The Morgan fingerprint density at radius 3 is 1.44 bits per heavy atom. The summed E-state index contributed by atoms with van der Waals surface area (Å²) in [7, 11) is 0. The smallest absolute Gasteiger partial charge is 0.0406 e. The second-order valence-corrected chi connectivity index (χ2v) is 5.57. The molecule has 0 unspecified atom stereocenters. The molecule has 0 amide bonds. The van der Waals surface area contributed by atoms with E-state index in [1.807, 2.05) is 24.3 Å². The van der Waals surface area contributed by atoms with Crippen LogP contribution >= 0.6 is 23.2 Å². The van der Waals surface area contributed by atoms with Gasteiger partial charge in [0.25, 0.3) is 0 Å². The fraction of sp³-hybridized carbons (Fsp3) is 0.188. The van der Waals surface area contributed by atoms with Gasteiger partial charge in [-0.1, -0.05) is 47.5 Å². The van der Waals surface area contributed by atoms with E-state index in [0.29, 0.717) is 5.92 Å². The van der Waals surface area contributed by atoms with E-state index >= 15 is 0 Å². The fourth-order valence-corrected chi connectivity index (χ4v) is 2.52. The minimum absolute atomic E-state index is 0.687. The SMILES string of the molecule is Clc1ccc([C](c2ccc(Cl)cc2)C2CC2)cc1. The van der Waals surface area contributed by atoms with E-state index < -0.39 is 0 Å². The van der Waals surface area contributed by atoms with Crippen LogP contribution in [0.15, 0.2) is 48.5 Å². The van der Waals surface area contributed by atoms with Crippen molar-refractivity contribution in [1.82, 2.24) is 0 Å². The molecule has 91 valence electrons. The summed E-state index contributed by atoms with van der Waals surface area (Å²) >= 11 is 11.9. The van der Waals surface area contributed by atoms with E-state index in [4.69, 9.17) is 23.2 Å². The number of benzene rings is 2. The van der Waals surface area contributed by atoms with Gasteiger partial charge >= 0.3 is 0 Å². The van der Waals surface area contributed by atoms with Gasteiger partial charge in [-0.15, -0.1) is 0 Å². The highest BCUT2D eigenvalue weighted by atomic mass is 35.5. The van der Waals surface area contributed by atoms with Crippen LogP contribution in [-0.2, 0) is 0 Å². The first kappa shape index (κ1) is 12.1. The lowest BCUT2D eigenvalue weighted by atomic mass is 9.87. The summed E-state index contributed by atoms with van der Waals surface area (Å²) in [6.45, 7) is 0. The first-order valence-electron chi connectivity index (χ1n) is 6.13. The topological polar surface area (TPSA) is 0 Å². The Balaban J connectivity index is 1.97. The van der Waals surface area contributed by atoms with Crippen LogP contribution in [0.2, 0.25) is 10.0 Å². The van der Waals surface area contributed by atoms with E-state index in [-0.39, 0.29) is 0 Å². The maximum Gasteiger partial charge on any atom is 0.0406 e. The molecule has 0 saturated heterocycles. The normalized spacial score (nSPS) is 15.1. The molecule has 2 heteroatoms. The monoisotopic (exact) mass is 275 g/mol. The van der Waals surface area contributed by atoms with Crippen LogP contribution in [0.1, 0.15) is 24.0 Å². The minimum Gasteiger partial charge on any atom is -0.0843 e. The molecule has 0 spiro atoms. The van der Waals surface area contributed by atoms with Crippen molar-refractivity contribution >= 4 is 23.2 Å². The Bertz CT molecular complexity index is 479. The standard InChI is InChI=1S/C16H13Cl2/c17-14-7-3-12(4-8-14)16(11-1-2-11)13-5-9-15(18)10-6-13/h3-11H,1-2H2. The molecule has 1 radical (unpaired) electrons. The third-order valence-electron chi connectivity index (χ3n) is 3.30. The third-order valence-corrected chi connectivity index (χ3v) is 3.80. The Morgan fingerprint density at radius 2 is 1.11 bits per heavy atom. The molecule has 0 bridgehead atoms. The predicted molar refractivity (Wildman–Crippen MR) is 77.1 cm³/mol. The van der Waals surface area contributed by atoms with Gasteiger partial charge in [-0.3, -0.25) is 0 Å². The number of halogens is 2. The summed E-state index contributed by atoms with van der Waals surface area (Å²) in [4.78, 5) is 0. The zero-order chi connectivity index (χ0) is 12.5. The maximum atomic E-state index is 5.95. The highest BCUT2D eigenvalue weighted by Gasteiger charge is 2.33. The highest BCUT2D eigenvalue weighted by Crippen LogP contribution is 2.45. The van der Waals surface area contributed by atoms with Crippen LogP contribution in [0.3, 0.4) is 0 Å². The van der Waals surface area contributed by atoms with Crippen LogP contribution in [-0.4, -0.2) is 0 Å². The molecule has 0 heterocycles. The lowest BCUT2D eigenvalue weighted by molar-refractivity contribution is 0.907. The summed E-state index contributed by atoms with van der Waals surface area (Å²) in [6.07, 6.45) is 2.56. The van der Waals surface area contributed by atoms with Crippen LogP contribution in [0.4, 0.5) is 0 Å². The lowest BCUT2D eigenvalue weighted by Crippen LogP contribution is -2.04. The largest absolute Gasteiger partial charge is 0.0843 e. The molecule has 18 heavy (non-hydrogen) atoms. The zero-order valence-corrected chi connectivity index (χ0v) is 11.4. The van der Waals surface area contributed by atoms with Crippen molar-refractivity contribution < 1.29 is 0 Å². The van der Waals surface area contributed by atoms with Crippen LogP contribution in [0, 0.1) is 11.8 Å². The van der Waals surface area contributed by atoms with Crippen molar-refractivity contribution in [3.05, 3.63) is 75.6 Å². The lowest BCUT2D eigenvalue weighted by Gasteiger charge is -2.16. The first-order chi connectivity index (χ1) is 8.74. The summed E-state index contributed by atoms with van der Waals surface area (Å²) in [6, 6.07) is 16.2. The van der Waals surface area contributed by atoms with Crippen molar-refractivity contribution in [2.45, 2.75) is 12.8 Å². The molecule has 0 aromatic heterocycles. The van der Waals surface area contributed by atoms with Crippen LogP contribution in [0.25, 0.3) is 0 Å². The van der Waals surface area contributed by atoms with Gasteiger partial charge in [0, 0.05) is 16.0 Å². The molecular weight excluding hydrogens is 263 g/mol. The van der Waals surface area contributed by atoms with Gasteiger partial charge in [0.1, 0.15) is 0 Å². The summed E-state index contributed by atoms with van der Waals surface area (Å²) in [5, 5.41) is 1.56. The average Bonchev–Trinajstić information content (AvgIpc) is 3.19. The molecule has 0 nitrogen and oxygen atoms in total. The van der Waals surface area contributed by atoms with Crippen molar-refractivity contribution in [1.29, 1.82) is 0 Å². The van der Waals surface area contributed by atoms with Gasteiger partial charge < -0.3 is 0 Å². The molecule has 3 rings (SSSR count). The van der Waals surface area contributed by atoms with E-state index in [2.05, 4.69) is 24.3 Å². The van der Waals surface area contributed by atoms with Crippen molar-refractivity contribution in [3.8, 4) is 0 Å². The van der Waals surface area contributed by atoms with E-state index in [1.54, 1.807) is 0 Å². The van der Waals surface area contributed by atoms with Crippen LogP contribution < -0.4 is 0 Å². The molecule has 0 N–H and O–H groups in total. The summed E-state index contributed by atoms with van der Waals surface area (Å²) in [5.41, 5.74) is 2.54. The molecule has 0 aliphatic heterocycles. The quantitative estimate of drug-likeness (QED) is 0.706. The Kier molecular flexibility index (Phi) is 3.32. The second-order valence-electron chi connectivity index (χ2n) is 4.70. The molecule has 0 atom stereocenters. The molecule has 1 aliphatic carbocycles. The Hall–Kier alpha value is -0.980. The molecule has 2 aromatic rings. The van der Waals surface area contributed by atoms with Gasteiger partial charge in [-0.2, -0.15) is 0 Å². The van der Waals surface area contributed by atoms with Gasteiger partial charge in [-0.25, -0.2) is 0 Å². The number of rotatable bonds is 3. The molecule has 2 aromatic carbocycles. The van der Waals surface area contributed by atoms with Crippen molar-refractivity contribution in [2.75, 3.05) is 0 Å². The highest BCUT2D eigenvalue weighted by molar-refractivity contribution is 6.30. The van der Waals surface area contributed by atoms with Gasteiger partial charge in [0.2, 0.25) is 0 Å². The second kappa shape index (κ2) is 4.95. The maximum absolute atomic E-state index is 5.95. The third kappa shape index (κ3) is 2.55. The zero-order valence-electron chi connectivity index (χ0n) is 9.87. The number of hydrogen-bond donors (Lipinski definition) is 0. The first-order valence-corrected chi connectivity index (χ1v) is 6.88. The summed E-state index contributed by atoms with van der Waals surface area (Å²) < 4.78 is 0. The number of hydrogen-bond acceptors (Lipinski definition) is 0. The summed E-state index contributed by atoms with van der Waals surface area (Å²) in [5.74, 6) is 2.11. The van der Waals surface area contributed by atoms with Gasteiger partial charge in [0.05, 0.1) is 0 Å². The van der Waals surface area contributed by atoms with Gasteiger partial charge in [-0.05, 0) is 54.2 Å². The van der Waals surface area contributed by atoms with Gasteiger partial charge in [0.15, 0.2) is 0 Å². The predicted octanol–water partition coefficient (Wildman–Crippen LogP) is 5.37. The van der Waals surface area contributed by atoms with E-state index in [9.17, 15) is 0 Å². The van der Waals surface area contributed by atoms with E-state index in [0.717, 1.165) is 10.0 Å². The molecular formula is C16H13Cl2.